The maximum absolute atomic E-state index is 12.9. The van der Waals surface area contributed by atoms with Crippen LogP contribution in [0.2, 0.25) is 0 Å². The number of anilines is 2. The molecule has 90 valence electrons. The summed E-state index contributed by atoms with van der Waals surface area (Å²) in [6.07, 6.45) is 0. The first-order valence-corrected chi connectivity index (χ1v) is 6.11. The van der Waals surface area contributed by atoms with Crippen molar-refractivity contribution in [3.63, 3.8) is 0 Å². The molecule has 2 N–H and O–H groups in total. The van der Waals surface area contributed by atoms with Crippen molar-refractivity contribution in [2.24, 2.45) is 0 Å². The van der Waals surface area contributed by atoms with E-state index in [4.69, 9.17) is 5.73 Å². The third-order valence-electron chi connectivity index (χ3n) is 2.63. The second-order valence-electron chi connectivity index (χ2n) is 3.92. The van der Waals surface area contributed by atoms with Crippen molar-refractivity contribution >= 4 is 22.7 Å². The zero-order valence-electron chi connectivity index (χ0n) is 9.77. The monoisotopic (exact) mass is 251 g/mol. The van der Waals surface area contributed by atoms with Crippen molar-refractivity contribution in [3.05, 3.63) is 40.1 Å². The van der Waals surface area contributed by atoms with Gasteiger partial charge in [-0.15, -0.1) is 11.3 Å². The summed E-state index contributed by atoms with van der Waals surface area (Å²) in [5.41, 5.74) is 9.94. The van der Waals surface area contributed by atoms with E-state index in [9.17, 15) is 4.39 Å². The maximum Gasteiger partial charge on any atom is 0.125 e. The number of hydrogen-bond donors (Lipinski definition) is 1. The number of benzene rings is 1. The Balaban J connectivity index is 2.20. The second-order valence-corrected chi connectivity index (χ2v) is 4.86. The molecule has 2 aromatic rings. The summed E-state index contributed by atoms with van der Waals surface area (Å²) in [4.78, 5) is 7.39. The van der Waals surface area contributed by atoms with Gasteiger partial charge in [-0.25, -0.2) is 9.37 Å². The molecule has 0 spiro atoms. The Bertz CT molecular complexity index is 524. The number of halogens is 1. The van der Waals surface area contributed by atoms with Gasteiger partial charge in [-0.05, 0) is 25.1 Å². The largest absolute Gasteiger partial charge is 0.397 e. The summed E-state index contributed by atoms with van der Waals surface area (Å²) in [5, 5.41) is 0. The highest BCUT2D eigenvalue weighted by molar-refractivity contribution is 7.09. The number of aromatic nitrogens is 1. The van der Waals surface area contributed by atoms with E-state index in [0.29, 0.717) is 5.69 Å². The van der Waals surface area contributed by atoms with Gasteiger partial charge >= 0.3 is 0 Å². The summed E-state index contributed by atoms with van der Waals surface area (Å²) >= 11 is 1.61. The van der Waals surface area contributed by atoms with E-state index in [1.807, 2.05) is 24.4 Å². The van der Waals surface area contributed by atoms with Gasteiger partial charge in [0.05, 0.1) is 29.1 Å². The molecule has 1 aromatic heterocycles. The van der Waals surface area contributed by atoms with E-state index < -0.39 is 0 Å². The average molecular weight is 251 g/mol. The summed E-state index contributed by atoms with van der Waals surface area (Å²) in [5.74, 6) is -0.311. The lowest BCUT2D eigenvalue weighted by atomic mass is 10.2. The molecule has 0 aliphatic carbocycles. The van der Waals surface area contributed by atoms with Gasteiger partial charge < -0.3 is 10.6 Å². The van der Waals surface area contributed by atoms with Gasteiger partial charge in [-0.1, -0.05) is 0 Å². The smallest absolute Gasteiger partial charge is 0.125 e. The van der Waals surface area contributed by atoms with Crippen LogP contribution in [0.4, 0.5) is 15.8 Å². The molecule has 0 bridgehead atoms. The fourth-order valence-corrected chi connectivity index (χ4v) is 2.48. The van der Waals surface area contributed by atoms with Crippen LogP contribution in [0.3, 0.4) is 0 Å². The number of nitrogen functional groups attached to an aromatic ring is 1. The van der Waals surface area contributed by atoms with E-state index >= 15 is 0 Å². The first-order valence-electron chi connectivity index (χ1n) is 5.23. The van der Waals surface area contributed by atoms with Gasteiger partial charge in [0.2, 0.25) is 0 Å². The van der Waals surface area contributed by atoms with Crippen LogP contribution in [-0.4, -0.2) is 12.0 Å². The molecule has 0 amide bonds. The topological polar surface area (TPSA) is 42.2 Å². The third kappa shape index (κ3) is 2.55. The van der Waals surface area contributed by atoms with Gasteiger partial charge in [0, 0.05) is 11.9 Å². The Hall–Kier alpha value is -1.62. The number of aryl methyl sites for hydroxylation is 1. The molecule has 0 saturated heterocycles. The van der Waals surface area contributed by atoms with Gasteiger partial charge in [-0.3, -0.25) is 0 Å². The molecule has 1 heterocycles. The Morgan fingerprint density at radius 2 is 2.24 bits per heavy atom. The molecule has 0 aliphatic heterocycles. The number of nitrogens with two attached hydrogens (primary N) is 1. The van der Waals surface area contributed by atoms with Gasteiger partial charge in [-0.2, -0.15) is 0 Å². The summed E-state index contributed by atoms with van der Waals surface area (Å²) in [7, 11) is 1.93. The van der Waals surface area contributed by atoms with Crippen molar-refractivity contribution in [2.75, 3.05) is 17.7 Å². The van der Waals surface area contributed by atoms with Crippen LogP contribution in [-0.2, 0) is 6.54 Å². The second kappa shape index (κ2) is 4.71. The molecule has 0 saturated carbocycles. The van der Waals surface area contributed by atoms with Crippen LogP contribution in [0, 0.1) is 12.7 Å². The SMILES string of the molecule is Cc1ncsc1CN(C)c1ccc(F)cc1N. The van der Waals surface area contributed by atoms with Crippen molar-refractivity contribution in [1.82, 2.24) is 4.98 Å². The zero-order chi connectivity index (χ0) is 12.4. The van der Waals surface area contributed by atoms with E-state index in [0.717, 1.165) is 17.9 Å². The average Bonchev–Trinajstić information content (AvgIpc) is 2.64. The molecule has 0 fully saturated rings. The van der Waals surface area contributed by atoms with Crippen LogP contribution in [0.1, 0.15) is 10.6 Å². The zero-order valence-corrected chi connectivity index (χ0v) is 10.6. The number of nitrogens with zero attached hydrogens (tertiary/aromatic N) is 2. The first-order chi connectivity index (χ1) is 8.08. The van der Waals surface area contributed by atoms with Crippen molar-refractivity contribution in [3.8, 4) is 0 Å². The fourth-order valence-electron chi connectivity index (χ4n) is 1.65. The lowest BCUT2D eigenvalue weighted by Gasteiger charge is -2.20. The highest BCUT2D eigenvalue weighted by atomic mass is 32.1. The number of hydrogen-bond acceptors (Lipinski definition) is 4. The minimum atomic E-state index is -0.311. The maximum atomic E-state index is 12.9. The van der Waals surface area contributed by atoms with Crippen LogP contribution in [0.15, 0.2) is 23.7 Å². The first kappa shape index (κ1) is 11.9. The molecule has 0 atom stereocenters. The molecule has 1 aromatic carbocycles. The molecule has 2 rings (SSSR count). The quantitative estimate of drug-likeness (QED) is 0.853. The van der Waals surface area contributed by atoms with Crippen LogP contribution in [0.25, 0.3) is 0 Å². The Morgan fingerprint density at radius 1 is 1.47 bits per heavy atom. The van der Waals surface area contributed by atoms with Gasteiger partial charge in [0.1, 0.15) is 5.82 Å². The summed E-state index contributed by atoms with van der Waals surface area (Å²) in [6, 6.07) is 4.45. The minimum Gasteiger partial charge on any atom is -0.397 e. The number of rotatable bonds is 3. The molecule has 0 radical (unpaired) electrons. The lowest BCUT2D eigenvalue weighted by Crippen LogP contribution is -2.17. The van der Waals surface area contributed by atoms with E-state index in [-0.39, 0.29) is 5.82 Å². The predicted molar refractivity (Wildman–Crippen MR) is 69.8 cm³/mol. The molecule has 0 unspecified atom stereocenters. The Morgan fingerprint density at radius 3 is 2.82 bits per heavy atom. The van der Waals surface area contributed by atoms with E-state index in [2.05, 4.69) is 4.98 Å². The standard InChI is InChI=1S/C12H14FN3S/c1-8-12(17-7-15-8)6-16(2)11-4-3-9(13)5-10(11)14/h3-5,7H,6,14H2,1-2H3. The minimum absolute atomic E-state index is 0.311. The van der Waals surface area contributed by atoms with Crippen LogP contribution >= 0.6 is 11.3 Å². The third-order valence-corrected chi connectivity index (χ3v) is 3.55. The Kier molecular flexibility index (Phi) is 3.28. The summed E-state index contributed by atoms with van der Waals surface area (Å²) in [6.45, 7) is 2.71. The highest BCUT2D eigenvalue weighted by Gasteiger charge is 2.09. The molecule has 0 aliphatic rings. The van der Waals surface area contributed by atoms with Crippen LogP contribution < -0.4 is 10.6 Å². The lowest BCUT2D eigenvalue weighted by molar-refractivity contribution is 0.628. The Labute approximate surface area is 104 Å². The molecule has 3 nitrogen and oxygen atoms in total. The molecule has 5 heteroatoms. The molecular weight excluding hydrogens is 237 g/mol. The fraction of sp³-hybridized carbons (Fsp3) is 0.250. The van der Waals surface area contributed by atoms with Gasteiger partial charge in [0.25, 0.3) is 0 Å². The van der Waals surface area contributed by atoms with Gasteiger partial charge in [0.15, 0.2) is 0 Å². The summed E-state index contributed by atoms with van der Waals surface area (Å²) < 4.78 is 12.9. The van der Waals surface area contributed by atoms with E-state index in [1.54, 1.807) is 17.4 Å². The van der Waals surface area contributed by atoms with E-state index in [1.165, 1.54) is 17.0 Å². The molecular formula is C12H14FN3S. The molecule has 17 heavy (non-hydrogen) atoms. The van der Waals surface area contributed by atoms with Crippen molar-refractivity contribution in [2.45, 2.75) is 13.5 Å². The van der Waals surface area contributed by atoms with Crippen molar-refractivity contribution < 1.29 is 4.39 Å². The predicted octanol–water partition coefficient (Wildman–Crippen LogP) is 2.81. The van der Waals surface area contributed by atoms with Crippen LogP contribution in [0.5, 0.6) is 0 Å². The highest BCUT2D eigenvalue weighted by Crippen LogP contribution is 2.25. The number of thiazole rings is 1. The van der Waals surface area contributed by atoms with Crippen molar-refractivity contribution in [1.29, 1.82) is 0 Å². The normalized spacial score (nSPS) is 10.5.